The van der Waals surface area contributed by atoms with Crippen LogP contribution in [0.3, 0.4) is 0 Å². The third kappa shape index (κ3) is 22.2. The molecule has 210 valence electrons. The van der Waals surface area contributed by atoms with E-state index in [4.69, 9.17) is 0 Å². The first-order valence-corrected chi connectivity index (χ1v) is 15.9. The first-order valence-electron chi connectivity index (χ1n) is 14.3. The molecule has 0 saturated heterocycles. The van der Waals surface area contributed by atoms with E-state index in [0.717, 1.165) is 44.9 Å². The highest BCUT2D eigenvalue weighted by Gasteiger charge is 2.28. The molecule has 0 bridgehead atoms. The van der Waals surface area contributed by atoms with E-state index < -0.39 is 40.0 Å². The van der Waals surface area contributed by atoms with Gasteiger partial charge in [-0.05, 0) is 12.8 Å². The van der Waals surface area contributed by atoms with Crippen molar-refractivity contribution in [2.75, 3.05) is 5.75 Å². The predicted octanol–water partition coefficient (Wildman–Crippen LogP) is 5.92. The van der Waals surface area contributed by atoms with Crippen LogP contribution in [0.15, 0.2) is 0 Å². The number of aliphatic hydroxyl groups excluding tert-OH is 2. The molecule has 0 spiro atoms. The van der Waals surface area contributed by atoms with Crippen molar-refractivity contribution in [1.82, 2.24) is 5.32 Å². The second-order valence-electron chi connectivity index (χ2n) is 10.2. The third-order valence-corrected chi connectivity index (χ3v) is 7.45. The summed E-state index contributed by atoms with van der Waals surface area (Å²) in [6.45, 7) is 4.34. The Kier molecular flexibility index (Phi) is 22.0. The van der Waals surface area contributed by atoms with Crippen LogP contribution in [-0.2, 0) is 14.9 Å². The van der Waals surface area contributed by atoms with Gasteiger partial charge in [0.25, 0.3) is 10.1 Å². The van der Waals surface area contributed by atoms with Gasteiger partial charge < -0.3 is 15.5 Å². The summed E-state index contributed by atoms with van der Waals surface area (Å²) in [6, 6.07) is -1.13. The van der Waals surface area contributed by atoms with Gasteiger partial charge in [0.1, 0.15) is 6.10 Å². The average molecular weight is 522 g/mol. The Bertz CT molecular complexity index is 598. The van der Waals surface area contributed by atoms with Crippen molar-refractivity contribution >= 4 is 16.0 Å². The maximum atomic E-state index is 12.4. The van der Waals surface area contributed by atoms with Gasteiger partial charge >= 0.3 is 0 Å². The summed E-state index contributed by atoms with van der Waals surface area (Å²) >= 11 is 0. The van der Waals surface area contributed by atoms with Gasteiger partial charge in [0.2, 0.25) is 5.91 Å². The molecule has 0 aliphatic heterocycles. The van der Waals surface area contributed by atoms with Crippen LogP contribution in [0.1, 0.15) is 142 Å². The molecule has 4 N–H and O–H groups in total. The molecular weight excluding hydrogens is 466 g/mol. The summed E-state index contributed by atoms with van der Waals surface area (Å²) in [5, 5.41) is 23.0. The summed E-state index contributed by atoms with van der Waals surface area (Å²) in [6.07, 6.45) is 18.9. The van der Waals surface area contributed by atoms with E-state index >= 15 is 0 Å². The normalized spacial score (nSPS) is 14.5. The Morgan fingerprint density at radius 2 is 1.03 bits per heavy atom. The van der Waals surface area contributed by atoms with Crippen LogP contribution in [0.2, 0.25) is 0 Å². The zero-order chi connectivity index (χ0) is 26.4. The Balaban J connectivity index is 4.07. The van der Waals surface area contributed by atoms with Crippen molar-refractivity contribution in [1.29, 1.82) is 0 Å². The number of rotatable bonds is 25. The van der Waals surface area contributed by atoms with Gasteiger partial charge in [-0.3, -0.25) is 9.35 Å². The van der Waals surface area contributed by atoms with Crippen molar-refractivity contribution in [2.45, 2.75) is 161 Å². The van der Waals surface area contributed by atoms with Gasteiger partial charge in [-0.1, -0.05) is 129 Å². The Labute approximate surface area is 215 Å². The Morgan fingerprint density at radius 1 is 0.657 bits per heavy atom. The van der Waals surface area contributed by atoms with Crippen LogP contribution in [-0.4, -0.2) is 53.1 Å². The monoisotopic (exact) mass is 521 g/mol. The fourth-order valence-electron chi connectivity index (χ4n) is 4.40. The van der Waals surface area contributed by atoms with Crippen LogP contribution >= 0.6 is 0 Å². The van der Waals surface area contributed by atoms with E-state index in [9.17, 15) is 28.0 Å². The average Bonchev–Trinajstić information content (AvgIpc) is 2.80. The molecule has 0 rings (SSSR count). The van der Waals surface area contributed by atoms with Crippen LogP contribution in [0.5, 0.6) is 0 Å². The van der Waals surface area contributed by atoms with Crippen molar-refractivity contribution in [3.8, 4) is 0 Å². The Morgan fingerprint density at radius 3 is 1.43 bits per heavy atom. The van der Waals surface area contributed by atoms with Gasteiger partial charge in [0, 0.05) is 0 Å². The topological polar surface area (TPSA) is 124 Å². The summed E-state index contributed by atoms with van der Waals surface area (Å²) in [5.41, 5.74) is 0. The molecule has 0 aromatic carbocycles. The van der Waals surface area contributed by atoms with E-state index in [0.29, 0.717) is 19.3 Å². The van der Waals surface area contributed by atoms with Gasteiger partial charge in [-0.15, -0.1) is 0 Å². The molecule has 0 saturated carbocycles. The molecule has 0 fully saturated rings. The van der Waals surface area contributed by atoms with Crippen LogP contribution in [0, 0.1) is 0 Å². The van der Waals surface area contributed by atoms with E-state index in [1.807, 2.05) is 0 Å². The molecule has 35 heavy (non-hydrogen) atoms. The summed E-state index contributed by atoms with van der Waals surface area (Å²) < 4.78 is 31.9. The fraction of sp³-hybridized carbons (Fsp3) is 0.963. The largest absolute Gasteiger partial charge is 0.391 e. The number of nitrogens with one attached hydrogen (secondary N) is 1. The molecule has 0 radical (unpaired) electrons. The van der Waals surface area contributed by atoms with Crippen molar-refractivity contribution in [2.24, 2.45) is 0 Å². The van der Waals surface area contributed by atoms with Crippen molar-refractivity contribution in [3.63, 3.8) is 0 Å². The summed E-state index contributed by atoms with van der Waals surface area (Å²) in [5.74, 6) is -1.46. The maximum Gasteiger partial charge on any atom is 0.266 e. The molecule has 7 nitrogen and oxygen atoms in total. The zero-order valence-electron chi connectivity index (χ0n) is 22.6. The second-order valence-corrected chi connectivity index (χ2v) is 11.7. The van der Waals surface area contributed by atoms with Crippen LogP contribution in [0.25, 0.3) is 0 Å². The number of hydrogen-bond acceptors (Lipinski definition) is 5. The van der Waals surface area contributed by atoms with Crippen LogP contribution < -0.4 is 5.32 Å². The van der Waals surface area contributed by atoms with E-state index in [1.54, 1.807) is 0 Å². The molecule has 0 aromatic heterocycles. The number of carbonyl (C=O) groups is 1. The highest BCUT2D eigenvalue weighted by atomic mass is 32.2. The lowest BCUT2D eigenvalue weighted by Crippen LogP contribution is -2.50. The molecule has 1 amide bonds. The van der Waals surface area contributed by atoms with E-state index in [1.165, 1.54) is 64.2 Å². The minimum atomic E-state index is -4.38. The van der Waals surface area contributed by atoms with Gasteiger partial charge in [-0.2, -0.15) is 8.42 Å². The van der Waals surface area contributed by atoms with E-state index in [-0.39, 0.29) is 0 Å². The molecule has 8 heteroatoms. The summed E-state index contributed by atoms with van der Waals surface area (Å²) in [4.78, 5) is 12.4. The molecule has 3 unspecified atom stereocenters. The third-order valence-electron chi connectivity index (χ3n) is 6.67. The predicted molar refractivity (Wildman–Crippen MR) is 144 cm³/mol. The smallest absolute Gasteiger partial charge is 0.266 e. The summed E-state index contributed by atoms with van der Waals surface area (Å²) in [7, 11) is -4.38. The quantitative estimate of drug-likeness (QED) is 0.0873. The zero-order valence-corrected chi connectivity index (χ0v) is 23.4. The number of unbranched alkanes of at least 4 members (excludes halogenated alkanes) is 16. The highest BCUT2D eigenvalue weighted by molar-refractivity contribution is 7.85. The first-order chi connectivity index (χ1) is 16.7. The van der Waals surface area contributed by atoms with Crippen molar-refractivity contribution < 1.29 is 28.0 Å². The molecule has 0 aliphatic carbocycles. The molecule has 0 aliphatic rings. The molecule has 0 aromatic rings. The number of carbonyl (C=O) groups excluding carboxylic acids is 1. The Hall–Kier alpha value is -0.700. The van der Waals surface area contributed by atoms with Crippen molar-refractivity contribution in [3.05, 3.63) is 0 Å². The second kappa shape index (κ2) is 22.5. The lowest BCUT2D eigenvalue weighted by atomic mass is 10.0. The molecule has 0 heterocycles. The van der Waals surface area contributed by atoms with Gasteiger partial charge in [0.15, 0.2) is 0 Å². The van der Waals surface area contributed by atoms with E-state index in [2.05, 4.69) is 19.2 Å². The first kappa shape index (κ1) is 34.3. The van der Waals surface area contributed by atoms with Crippen LogP contribution in [0.4, 0.5) is 0 Å². The van der Waals surface area contributed by atoms with Gasteiger partial charge in [-0.25, -0.2) is 0 Å². The standard InChI is InChI=1S/C27H55NO6S/c1-3-5-7-9-10-11-12-13-14-15-16-18-20-22-26(30)27(31)28-24(23-35(32,33)34)25(29)21-19-17-8-6-4-2/h24-26,29-30H,3-23H2,1-2H3,(H,28,31)(H,32,33,34). The highest BCUT2D eigenvalue weighted by Crippen LogP contribution is 2.14. The lowest BCUT2D eigenvalue weighted by Gasteiger charge is -2.24. The SMILES string of the molecule is CCCCCCCCCCCCCCCC(O)C(=O)NC(CS(=O)(=O)O)C(O)CCCCCCC. The lowest BCUT2D eigenvalue weighted by molar-refractivity contribution is -0.131. The number of hydrogen-bond donors (Lipinski definition) is 4. The molecular formula is C27H55NO6S. The maximum absolute atomic E-state index is 12.4. The molecule has 3 atom stereocenters. The number of aliphatic hydroxyl groups is 2. The minimum Gasteiger partial charge on any atom is -0.391 e. The minimum absolute atomic E-state index is 0.301. The fourth-order valence-corrected chi connectivity index (χ4v) is 5.16. The number of amides is 1. The van der Waals surface area contributed by atoms with Gasteiger partial charge in [0.05, 0.1) is 17.9 Å².